The lowest BCUT2D eigenvalue weighted by Crippen LogP contribution is -2.05. The molecule has 0 saturated heterocycles. The Balaban J connectivity index is 1.96. The fourth-order valence-electron chi connectivity index (χ4n) is 2.05. The molecule has 0 aliphatic heterocycles. The highest BCUT2D eigenvalue weighted by atomic mass is 14.2. The summed E-state index contributed by atoms with van der Waals surface area (Å²) in [5.74, 6) is 1.05. The minimum Gasteiger partial charge on any atom is -0.0887 e. The lowest BCUT2D eigenvalue weighted by Gasteiger charge is -2.20. The Labute approximate surface area is 72.2 Å². The Kier molecular flexibility index (Phi) is 4.73. The second-order valence-electron chi connectivity index (χ2n) is 3.79. The fourth-order valence-corrected chi connectivity index (χ4v) is 2.05. The summed E-state index contributed by atoms with van der Waals surface area (Å²) in [5, 5.41) is 0. The van der Waals surface area contributed by atoms with E-state index in [2.05, 4.69) is 0 Å². The van der Waals surface area contributed by atoms with Crippen molar-refractivity contribution in [1.29, 1.82) is 0 Å². The monoisotopic (exact) mass is 150 g/mol. The van der Waals surface area contributed by atoms with Crippen molar-refractivity contribution >= 4 is 7.85 Å². The van der Waals surface area contributed by atoms with Crippen LogP contribution in [0.3, 0.4) is 0 Å². The molecule has 0 aromatic carbocycles. The van der Waals surface area contributed by atoms with Crippen LogP contribution in [-0.2, 0) is 0 Å². The van der Waals surface area contributed by atoms with Crippen LogP contribution in [0.4, 0.5) is 0 Å². The topological polar surface area (TPSA) is 0 Å². The summed E-state index contributed by atoms with van der Waals surface area (Å²) in [6, 6.07) is 0. The summed E-state index contributed by atoms with van der Waals surface area (Å²) in [6.07, 6.45) is 12.3. The first-order valence-electron chi connectivity index (χ1n) is 5.13. The summed E-state index contributed by atoms with van der Waals surface area (Å²) >= 11 is 0. The first-order valence-corrected chi connectivity index (χ1v) is 5.13. The lowest BCUT2D eigenvalue weighted by atomic mass is 9.85. The summed E-state index contributed by atoms with van der Waals surface area (Å²) in [5.41, 5.74) is 0. The molecule has 0 heterocycles. The van der Waals surface area contributed by atoms with Crippen LogP contribution in [0.15, 0.2) is 0 Å². The van der Waals surface area contributed by atoms with E-state index in [1.807, 2.05) is 0 Å². The average Bonchev–Trinajstić information content (AvgIpc) is 2.07. The zero-order chi connectivity index (χ0) is 7.94. The molecule has 1 saturated carbocycles. The minimum atomic E-state index is 0.882. The van der Waals surface area contributed by atoms with Crippen molar-refractivity contribution in [3.8, 4) is 0 Å². The third-order valence-electron chi connectivity index (χ3n) is 2.79. The zero-order valence-corrected chi connectivity index (χ0v) is 7.52. The second-order valence-corrected chi connectivity index (χ2v) is 3.79. The van der Waals surface area contributed by atoms with Crippen molar-refractivity contribution in [2.75, 3.05) is 0 Å². The summed E-state index contributed by atoms with van der Waals surface area (Å²) < 4.78 is 0. The Morgan fingerprint density at radius 1 is 1.00 bits per heavy atom. The fraction of sp³-hybridized carbons (Fsp3) is 1.00. The molecule has 0 spiro atoms. The molecule has 0 nitrogen and oxygen atoms in total. The van der Waals surface area contributed by atoms with Gasteiger partial charge < -0.3 is 0 Å². The second kappa shape index (κ2) is 5.68. The van der Waals surface area contributed by atoms with Crippen LogP contribution in [-0.4, -0.2) is 7.85 Å². The minimum absolute atomic E-state index is 0.882. The van der Waals surface area contributed by atoms with Gasteiger partial charge in [-0.1, -0.05) is 57.7 Å². The molecule has 0 unspecified atom stereocenters. The van der Waals surface area contributed by atoms with Crippen LogP contribution in [0.2, 0.25) is 6.32 Å². The quantitative estimate of drug-likeness (QED) is 0.426. The highest BCUT2D eigenvalue weighted by molar-refractivity contribution is 6.08. The Morgan fingerprint density at radius 2 is 1.73 bits per heavy atom. The van der Waals surface area contributed by atoms with E-state index in [4.69, 9.17) is 7.85 Å². The molecule has 0 bridgehead atoms. The van der Waals surface area contributed by atoms with Gasteiger partial charge in [-0.15, -0.1) is 0 Å². The van der Waals surface area contributed by atoms with E-state index in [0.717, 1.165) is 12.2 Å². The van der Waals surface area contributed by atoms with Crippen LogP contribution >= 0.6 is 0 Å². The van der Waals surface area contributed by atoms with E-state index >= 15 is 0 Å². The molecule has 1 heteroatoms. The molecule has 0 aromatic heterocycles. The van der Waals surface area contributed by atoms with E-state index in [9.17, 15) is 0 Å². The van der Waals surface area contributed by atoms with E-state index < -0.39 is 0 Å². The molecular weight excluding hydrogens is 131 g/mol. The molecule has 1 aliphatic carbocycles. The molecule has 62 valence electrons. The molecule has 0 aromatic rings. The molecule has 0 atom stereocenters. The molecule has 0 amide bonds. The van der Waals surface area contributed by atoms with Crippen LogP contribution in [0.25, 0.3) is 0 Å². The van der Waals surface area contributed by atoms with Gasteiger partial charge in [-0.05, 0) is 5.92 Å². The number of hydrogen-bond acceptors (Lipinski definition) is 0. The average molecular weight is 150 g/mol. The van der Waals surface area contributed by atoms with Gasteiger partial charge in [0.25, 0.3) is 0 Å². The van der Waals surface area contributed by atoms with Gasteiger partial charge in [0, 0.05) is 0 Å². The van der Waals surface area contributed by atoms with Gasteiger partial charge in [0.15, 0.2) is 0 Å². The van der Waals surface area contributed by atoms with Crippen LogP contribution in [0.5, 0.6) is 0 Å². The maximum Gasteiger partial charge on any atom is 0.0653 e. The Morgan fingerprint density at radius 3 is 2.36 bits per heavy atom. The van der Waals surface area contributed by atoms with Crippen LogP contribution in [0, 0.1) is 5.92 Å². The van der Waals surface area contributed by atoms with Crippen molar-refractivity contribution in [2.24, 2.45) is 5.92 Å². The largest absolute Gasteiger partial charge is 0.0887 e. The number of hydrogen-bond donors (Lipinski definition) is 0. The van der Waals surface area contributed by atoms with Gasteiger partial charge in [-0.25, -0.2) is 0 Å². The molecular formula is C10H19B. The smallest absolute Gasteiger partial charge is 0.0653 e. The summed E-state index contributed by atoms with van der Waals surface area (Å²) in [4.78, 5) is 0. The predicted octanol–water partition coefficient (Wildman–Crippen LogP) is 3.32. The standard InChI is InChI=1S/C10H19B/c11-9-5-4-8-10-6-2-1-3-7-10/h10H,1-9H2. The normalized spacial score (nSPS) is 20.4. The van der Waals surface area contributed by atoms with Crippen molar-refractivity contribution < 1.29 is 0 Å². The van der Waals surface area contributed by atoms with E-state index in [1.165, 1.54) is 51.4 Å². The molecule has 0 N–H and O–H groups in total. The van der Waals surface area contributed by atoms with Gasteiger partial charge in [0.2, 0.25) is 0 Å². The third-order valence-corrected chi connectivity index (χ3v) is 2.79. The van der Waals surface area contributed by atoms with Crippen molar-refractivity contribution in [3.05, 3.63) is 0 Å². The maximum absolute atomic E-state index is 5.44. The van der Waals surface area contributed by atoms with E-state index in [-0.39, 0.29) is 0 Å². The lowest BCUT2D eigenvalue weighted by molar-refractivity contribution is 0.331. The molecule has 1 rings (SSSR count). The van der Waals surface area contributed by atoms with E-state index in [0.29, 0.717) is 0 Å². The van der Waals surface area contributed by atoms with Gasteiger partial charge in [0.1, 0.15) is 0 Å². The summed E-state index contributed by atoms with van der Waals surface area (Å²) in [6.45, 7) is 0. The summed E-state index contributed by atoms with van der Waals surface area (Å²) in [7, 11) is 5.44. The molecule has 11 heavy (non-hydrogen) atoms. The SMILES string of the molecule is [B]CCCCC1CCCCC1. The number of rotatable bonds is 4. The highest BCUT2D eigenvalue weighted by Gasteiger charge is 2.11. The molecule has 1 aliphatic rings. The number of unbranched alkanes of at least 4 members (excludes halogenated alkanes) is 1. The zero-order valence-electron chi connectivity index (χ0n) is 7.52. The predicted molar refractivity (Wildman–Crippen MR) is 51.0 cm³/mol. The van der Waals surface area contributed by atoms with Gasteiger partial charge in [-0.3, -0.25) is 0 Å². The van der Waals surface area contributed by atoms with Gasteiger partial charge in [0.05, 0.1) is 7.85 Å². The molecule has 1 fully saturated rings. The van der Waals surface area contributed by atoms with Gasteiger partial charge >= 0.3 is 0 Å². The maximum atomic E-state index is 5.44. The molecule has 2 radical (unpaired) electrons. The first kappa shape index (κ1) is 9.16. The van der Waals surface area contributed by atoms with Crippen LogP contribution < -0.4 is 0 Å². The van der Waals surface area contributed by atoms with Crippen molar-refractivity contribution in [2.45, 2.75) is 57.7 Å². The van der Waals surface area contributed by atoms with Gasteiger partial charge in [-0.2, -0.15) is 0 Å². The Bertz CT molecular complexity index is 84.9. The third kappa shape index (κ3) is 3.84. The van der Waals surface area contributed by atoms with Crippen LogP contribution in [0.1, 0.15) is 51.4 Å². The van der Waals surface area contributed by atoms with E-state index in [1.54, 1.807) is 0 Å². The van der Waals surface area contributed by atoms with Crippen molar-refractivity contribution in [3.63, 3.8) is 0 Å². The van der Waals surface area contributed by atoms with Crippen molar-refractivity contribution in [1.82, 2.24) is 0 Å². The highest BCUT2D eigenvalue weighted by Crippen LogP contribution is 2.27. The first-order chi connectivity index (χ1) is 5.43. The Hall–Kier alpha value is 0.0649.